The molecule has 1 saturated carbocycles. The predicted molar refractivity (Wildman–Crippen MR) is 371 cm³/mol. The number of nitrogens with one attached hydrogen (secondary N) is 3. The standard InChI is InChI=1S/C74H112N6O15S/c1-43-34-44(2)36-63(92-11)68-64(93-12)39-47(5)74(90,95-68)69(85)72(88)79-28-16-15-21-58(79)73(89)94-67(46(4)38-52-22-23-59(81)62(40-52)91-10)49(7)60(82)41-61(83)54(35-43)18-17-32-96-33-26-65(84)75-27-31-78-29-24-53(25-30-78)50(8)80-51(9)66(55-19-13-14-20-57(55)80)71(87)76-42-56-45(3)37-48(6)77-70(56)86/h13-14,19-20,35,37-38,44,47,49-50,52-54,58-60,62-64,67-69,81-82,85,90H,15-18,21-34,36,39-42H2,1-12H3,(H,75,84)(H,76,87)(H,77,86)/b43-35+,46-38+/t44-,47+,49+,50-,52-,54+,58-,59+,60-,62+,63-,64-,67+,68+,69?,74+/m0/s1. The number of aromatic nitrogens is 2. The molecule has 1 aliphatic carbocycles. The van der Waals surface area contributed by atoms with Gasteiger partial charge in [-0.05, 0) is 185 Å². The maximum Gasteiger partial charge on any atom is 0.329 e. The first-order valence-electron chi connectivity index (χ1n) is 35.3. The van der Waals surface area contributed by atoms with Gasteiger partial charge in [0.05, 0.1) is 36.1 Å². The van der Waals surface area contributed by atoms with Crippen molar-refractivity contribution in [2.24, 2.45) is 35.5 Å². The number of allylic oxidation sites excluding steroid dienone is 3. The first-order chi connectivity index (χ1) is 45.8. The lowest BCUT2D eigenvalue weighted by molar-refractivity contribution is -0.346. The number of aliphatic hydroxyl groups is 4. The SMILES string of the molecule is CO[C@H]1C[C@@H](C)C/C(C)=C/[C@@H](CCCSCCC(=O)NCCN2CCC([C@H](C)n3c(C)c(C(=O)NCc4c(C)cc(C)[nH]c4=O)c4ccccc43)CC2)C(=O)C[C@H](O)[C@@H](C)[C@@H](/C(C)=C/[C@@H]2CC[C@@H](O)[C@H](OC)C2)OC(=O)[C@@H]2CCCCN2C(=O)C(O)[C@]2(O)O[C@H]1[C@@H](OC)C[C@H]2C. The number of benzene rings is 1. The molecule has 0 spiro atoms. The third-order valence-electron chi connectivity index (χ3n) is 21.7. The highest BCUT2D eigenvalue weighted by Gasteiger charge is 2.56. The molecule has 1 aromatic carbocycles. The lowest BCUT2D eigenvalue weighted by Crippen LogP contribution is -2.66. The number of pyridine rings is 1. The number of likely N-dealkylation sites (tertiary alicyclic amines) is 1. The van der Waals surface area contributed by atoms with E-state index in [1.165, 1.54) is 4.90 Å². The van der Waals surface area contributed by atoms with E-state index in [-0.39, 0.29) is 73.4 Å². The Hall–Kier alpha value is -5.27. The van der Waals surface area contributed by atoms with Crippen LogP contribution >= 0.6 is 11.8 Å². The van der Waals surface area contributed by atoms with Crippen LogP contribution in [0.15, 0.2) is 58.4 Å². The molecular formula is C74H112N6O15S. The Bertz CT molecular complexity index is 3250. The van der Waals surface area contributed by atoms with E-state index in [0.717, 1.165) is 65.9 Å². The van der Waals surface area contributed by atoms with Crippen molar-refractivity contribution in [2.45, 2.75) is 232 Å². The van der Waals surface area contributed by atoms with Crippen molar-refractivity contribution in [3.8, 4) is 0 Å². The number of aromatic amines is 1. The number of carbonyl (C=O) groups excluding carboxylic acids is 5. The molecule has 534 valence electrons. The smallest absolute Gasteiger partial charge is 0.329 e. The number of rotatable bonds is 20. The maximum absolute atomic E-state index is 14.8. The number of thioether (sulfide) groups is 1. The first-order valence-corrected chi connectivity index (χ1v) is 36.5. The molecule has 8 rings (SSSR count). The summed E-state index contributed by atoms with van der Waals surface area (Å²) in [5.74, 6) is -4.83. The van der Waals surface area contributed by atoms with Gasteiger partial charge in [0.2, 0.25) is 11.7 Å². The summed E-state index contributed by atoms with van der Waals surface area (Å²) in [4.78, 5) is 90.4. The number of nitrogens with zero attached hydrogens (tertiary/aromatic N) is 3. The highest BCUT2D eigenvalue weighted by Crippen LogP contribution is 2.42. The summed E-state index contributed by atoms with van der Waals surface area (Å²) in [7, 11) is 4.67. The second-order valence-corrected chi connectivity index (χ2v) is 29.9. The number of aryl methyl sites for hydroxylation is 2. The Labute approximate surface area is 572 Å². The molecular weight excluding hydrogens is 1240 g/mol. The third kappa shape index (κ3) is 18.8. The lowest BCUT2D eigenvalue weighted by Gasteiger charge is -2.49. The number of ketones is 1. The molecule has 1 unspecified atom stereocenters. The van der Waals surface area contributed by atoms with Crippen LogP contribution < -0.4 is 16.2 Å². The summed E-state index contributed by atoms with van der Waals surface area (Å²) in [6.45, 7) is 20.6. The highest BCUT2D eigenvalue weighted by molar-refractivity contribution is 7.99. The lowest BCUT2D eigenvalue weighted by atomic mass is 9.81. The molecule has 2 aromatic heterocycles. The molecule has 4 fully saturated rings. The minimum Gasteiger partial charge on any atom is -0.456 e. The molecule has 96 heavy (non-hydrogen) atoms. The van der Waals surface area contributed by atoms with Gasteiger partial charge in [-0.3, -0.25) is 24.0 Å². The number of H-pyrrole nitrogens is 1. The van der Waals surface area contributed by atoms with Gasteiger partial charge in [-0.2, -0.15) is 11.8 Å². The number of Topliss-reactive ketones (excluding diaryl/α,β-unsaturated/α-hetero) is 1. The number of piperidine rings is 2. The van der Waals surface area contributed by atoms with Gasteiger partial charge < -0.3 is 74.1 Å². The second-order valence-electron chi connectivity index (χ2n) is 28.7. The Morgan fingerprint density at radius 3 is 2.27 bits per heavy atom. The zero-order chi connectivity index (χ0) is 69.7. The van der Waals surface area contributed by atoms with Crippen molar-refractivity contribution in [3.05, 3.63) is 92.1 Å². The average Bonchev–Trinajstić information content (AvgIpc) is 1.39. The number of hydrogen-bond donors (Lipinski definition) is 7. The predicted octanol–water partition coefficient (Wildman–Crippen LogP) is 8.35. The summed E-state index contributed by atoms with van der Waals surface area (Å²) in [5, 5.41) is 54.3. The monoisotopic (exact) mass is 1360 g/mol. The molecule has 7 N–H and O–H groups in total. The number of para-hydroxylation sites is 1. The van der Waals surface area contributed by atoms with Crippen LogP contribution in [0.5, 0.6) is 0 Å². The quantitative estimate of drug-likeness (QED) is 0.0318. The van der Waals surface area contributed by atoms with Gasteiger partial charge in [-0.25, -0.2) is 4.79 Å². The van der Waals surface area contributed by atoms with Gasteiger partial charge in [0.1, 0.15) is 24.0 Å². The average molecular weight is 1360 g/mol. The van der Waals surface area contributed by atoms with Crippen molar-refractivity contribution in [2.75, 3.05) is 65.6 Å². The van der Waals surface area contributed by atoms with Gasteiger partial charge in [-0.1, -0.05) is 56.7 Å². The molecule has 0 radical (unpaired) electrons. The van der Waals surface area contributed by atoms with Crippen molar-refractivity contribution in [1.82, 2.24) is 30.0 Å². The molecule has 2 bridgehead atoms. The van der Waals surface area contributed by atoms with Crippen LogP contribution in [0.4, 0.5) is 0 Å². The van der Waals surface area contributed by atoms with E-state index in [0.29, 0.717) is 105 Å². The largest absolute Gasteiger partial charge is 0.456 e. The number of aliphatic hydroxyl groups excluding tert-OH is 3. The molecule has 16 atom stereocenters. The van der Waals surface area contributed by atoms with Crippen LogP contribution in [0, 0.1) is 56.3 Å². The van der Waals surface area contributed by atoms with Gasteiger partial charge in [0.25, 0.3) is 17.4 Å². The fourth-order valence-electron chi connectivity index (χ4n) is 16.0. The summed E-state index contributed by atoms with van der Waals surface area (Å²) in [6, 6.07) is 8.94. The Kier molecular flexibility index (Phi) is 28.0. The van der Waals surface area contributed by atoms with E-state index < -0.39 is 90.3 Å². The number of cyclic esters (lactones) is 1. The molecule has 6 heterocycles. The molecule has 3 aromatic rings. The summed E-state index contributed by atoms with van der Waals surface area (Å²) < 4.78 is 32.8. The van der Waals surface area contributed by atoms with Crippen LogP contribution in [-0.2, 0) is 49.4 Å². The van der Waals surface area contributed by atoms with Gasteiger partial charge in [0, 0.05) is 118 Å². The van der Waals surface area contributed by atoms with Crippen LogP contribution in [0.25, 0.3) is 10.9 Å². The van der Waals surface area contributed by atoms with Crippen molar-refractivity contribution in [3.63, 3.8) is 0 Å². The fourth-order valence-corrected chi connectivity index (χ4v) is 16.9. The molecule has 22 heteroatoms. The summed E-state index contributed by atoms with van der Waals surface area (Å²) >= 11 is 1.66. The Morgan fingerprint density at radius 1 is 0.854 bits per heavy atom. The molecule has 21 nitrogen and oxygen atoms in total. The number of amides is 3. The first kappa shape index (κ1) is 76.5. The van der Waals surface area contributed by atoms with Crippen LogP contribution in [0.2, 0.25) is 0 Å². The van der Waals surface area contributed by atoms with Gasteiger partial charge >= 0.3 is 5.97 Å². The van der Waals surface area contributed by atoms with Crippen molar-refractivity contribution in [1.29, 1.82) is 0 Å². The van der Waals surface area contributed by atoms with Crippen LogP contribution in [-0.4, -0.2) is 195 Å². The zero-order valence-electron chi connectivity index (χ0n) is 59.1. The number of methoxy groups -OCH3 is 3. The number of hydrogen-bond acceptors (Lipinski definition) is 17. The van der Waals surface area contributed by atoms with Crippen LogP contribution in [0.1, 0.15) is 177 Å². The molecule has 5 aliphatic rings. The van der Waals surface area contributed by atoms with E-state index in [9.17, 15) is 49.2 Å². The normalized spacial score (nSPS) is 31.6. The Balaban J connectivity index is 0.880. The van der Waals surface area contributed by atoms with Gasteiger partial charge in [0.15, 0.2) is 6.10 Å². The minimum absolute atomic E-state index is 0.0140. The van der Waals surface area contributed by atoms with E-state index >= 15 is 0 Å². The zero-order valence-corrected chi connectivity index (χ0v) is 59.9. The van der Waals surface area contributed by atoms with Crippen molar-refractivity contribution < 1.29 is 68.1 Å². The topological polar surface area (TPSA) is 281 Å². The summed E-state index contributed by atoms with van der Waals surface area (Å²) in [5.41, 5.74) is 6.11. The maximum atomic E-state index is 14.8. The third-order valence-corrected chi connectivity index (χ3v) is 22.8. The van der Waals surface area contributed by atoms with Crippen molar-refractivity contribution >= 4 is 52.1 Å². The number of fused-ring (bicyclic) bond motifs is 4. The van der Waals surface area contributed by atoms with E-state index in [2.05, 4.69) is 45.0 Å². The van der Waals surface area contributed by atoms with E-state index in [4.69, 9.17) is 23.7 Å². The minimum atomic E-state index is -2.36. The molecule has 3 saturated heterocycles. The van der Waals surface area contributed by atoms with Crippen LogP contribution in [0.3, 0.4) is 0 Å². The molecule has 3 amide bonds. The van der Waals surface area contributed by atoms with Gasteiger partial charge in [-0.15, -0.1) is 0 Å². The number of esters is 1. The van der Waals surface area contributed by atoms with E-state index in [1.807, 2.05) is 71.0 Å². The van der Waals surface area contributed by atoms with E-state index in [1.54, 1.807) is 46.9 Å². The Morgan fingerprint density at radius 2 is 1.56 bits per heavy atom. The summed E-state index contributed by atoms with van der Waals surface area (Å²) in [6.07, 6.45) is 4.16. The number of carbonyl (C=O) groups is 5. The highest BCUT2D eigenvalue weighted by atomic mass is 32.2. The molecule has 4 aliphatic heterocycles. The fraction of sp³-hybridized carbons (Fsp3) is 0.703. The second kappa shape index (κ2) is 35.2. The number of ether oxygens (including phenoxy) is 5.